The molecule has 3 rings (SSSR count). The number of ether oxygens (including phenoxy) is 1. The molecule has 1 saturated heterocycles. The molecule has 27 heavy (non-hydrogen) atoms. The minimum Gasteiger partial charge on any atom is -0.465 e. The van der Waals surface area contributed by atoms with Gasteiger partial charge >= 0.3 is 5.97 Å². The van der Waals surface area contributed by atoms with Crippen LogP contribution in [0.5, 0.6) is 0 Å². The van der Waals surface area contributed by atoms with Crippen LogP contribution in [0.2, 0.25) is 0 Å². The molecule has 6 heteroatoms. The summed E-state index contributed by atoms with van der Waals surface area (Å²) < 4.78 is 18.7. The van der Waals surface area contributed by atoms with Gasteiger partial charge in [-0.3, -0.25) is 0 Å². The number of benzene rings is 1. The second-order valence-corrected chi connectivity index (χ2v) is 6.96. The molecule has 1 aromatic rings. The van der Waals surface area contributed by atoms with E-state index in [1.807, 2.05) is 6.92 Å². The van der Waals surface area contributed by atoms with Crippen molar-refractivity contribution < 1.29 is 13.9 Å². The van der Waals surface area contributed by atoms with Crippen molar-refractivity contribution in [1.29, 1.82) is 5.26 Å². The van der Waals surface area contributed by atoms with Gasteiger partial charge < -0.3 is 15.0 Å². The molecule has 5 nitrogen and oxygen atoms in total. The van der Waals surface area contributed by atoms with Gasteiger partial charge in [-0.25, -0.2) is 9.18 Å². The number of hydrogen-bond donors (Lipinski definition) is 1. The quantitative estimate of drug-likeness (QED) is 0.815. The van der Waals surface area contributed by atoms with Crippen LogP contribution in [0.3, 0.4) is 0 Å². The van der Waals surface area contributed by atoms with Crippen LogP contribution in [0.25, 0.3) is 0 Å². The van der Waals surface area contributed by atoms with Gasteiger partial charge in [-0.15, -0.1) is 0 Å². The van der Waals surface area contributed by atoms with Crippen molar-refractivity contribution in [2.75, 3.05) is 25.5 Å². The first-order valence-corrected chi connectivity index (χ1v) is 9.23. The number of nitrogens with zero attached hydrogens (tertiary/aromatic N) is 2. The van der Waals surface area contributed by atoms with E-state index in [-0.39, 0.29) is 11.6 Å². The predicted molar refractivity (Wildman–Crippen MR) is 102 cm³/mol. The highest BCUT2D eigenvalue weighted by atomic mass is 19.1. The molecule has 0 spiro atoms. The zero-order valence-electron chi connectivity index (χ0n) is 15.7. The molecule has 142 valence electrons. The van der Waals surface area contributed by atoms with Gasteiger partial charge in [0, 0.05) is 24.8 Å². The lowest BCUT2D eigenvalue weighted by Crippen LogP contribution is -2.39. The number of aryl methyl sites for hydroxylation is 1. The lowest BCUT2D eigenvalue weighted by molar-refractivity contribution is 0.0595. The van der Waals surface area contributed by atoms with E-state index in [2.05, 4.69) is 33.2 Å². The van der Waals surface area contributed by atoms with Crippen molar-refractivity contribution in [2.45, 2.75) is 38.6 Å². The molecule has 2 aliphatic rings. The minimum absolute atomic E-state index is 0.0563. The number of halogens is 1. The van der Waals surface area contributed by atoms with Gasteiger partial charge in [0.15, 0.2) is 0 Å². The van der Waals surface area contributed by atoms with E-state index < -0.39 is 11.8 Å². The monoisotopic (exact) mass is 369 g/mol. The highest BCUT2D eigenvalue weighted by Gasteiger charge is 2.24. The summed E-state index contributed by atoms with van der Waals surface area (Å²) in [6, 6.07) is 5.45. The number of carbonyl (C=O) groups excluding carboxylic acids is 1. The molecule has 1 aromatic carbocycles. The number of likely N-dealkylation sites (tertiary alicyclic amines) is 1. The topological polar surface area (TPSA) is 65.4 Å². The van der Waals surface area contributed by atoms with Crippen LogP contribution in [0.15, 0.2) is 35.6 Å². The average molecular weight is 369 g/mol. The van der Waals surface area contributed by atoms with E-state index in [0.29, 0.717) is 0 Å². The van der Waals surface area contributed by atoms with Crippen LogP contribution in [-0.4, -0.2) is 37.1 Å². The third-order valence-corrected chi connectivity index (χ3v) is 5.20. The molecule has 1 heterocycles. The maximum absolute atomic E-state index is 14.0. The molecule has 0 radical (unpaired) electrons. The highest BCUT2D eigenvalue weighted by molar-refractivity contribution is 5.91. The third kappa shape index (κ3) is 4.13. The molecule has 1 N–H and O–H groups in total. The number of allylic oxidation sites excluding steroid dienone is 3. The van der Waals surface area contributed by atoms with Gasteiger partial charge in [-0.05, 0) is 56.4 Å². The molecule has 0 amide bonds. The maximum Gasteiger partial charge on any atom is 0.340 e. The molecule has 1 aliphatic heterocycles. The number of rotatable bonds is 4. The first kappa shape index (κ1) is 19.0. The maximum atomic E-state index is 14.0. The second kappa shape index (κ2) is 8.26. The van der Waals surface area contributed by atoms with Crippen molar-refractivity contribution in [3.05, 3.63) is 52.5 Å². The number of methoxy groups -OCH3 is 1. The predicted octanol–water partition coefficient (Wildman–Crippen LogP) is 3.92. The molecule has 0 atom stereocenters. The first-order valence-electron chi connectivity index (χ1n) is 9.23. The fraction of sp³-hybridized carbons (Fsp3) is 0.429. The zero-order valence-corrected chi connectivity index (χ0v) is 15.7. The summed E-state index contributed by atoms with van der Waals surface area (Å²) in [5, 5.41) is 12.8. The molecule has 1 aliphatic carbocycles. The number of anilines is 1. The highest BCUT2D eigenvalue weighted by Crippen LogP contribution is 2.27. The lowest BCUT2D eigenvalue weighted by atomic mass is 9.98. The summed E-state index contributed by atoms with van der Waals surface area (Å²) >= 11 is 0. The Hall–Kier alpha value is -2.81. The Balaban J connectivity index is 1.68. The number of hydrogen-bond acceptors (Lipinski definition) is 5. The summed E-state index contributed by atoms with van der Waals surface area (Å²) in [5.74, 6) is -1.25. The van der Waals surface area contributed by atoms with E-state index in [4.69, 9.17) is 0 Å². The minimum atomic E-state index is -0.676. The van der Waals surface area contributed by atoms with Crippen molar-refractivity contribution >= 4 is 11.7 Å². The number of nitriles is 1. The van der Waals surface area contributed by atoms with Gasteiger partial charge in [0.1, 0.15) is 5.82 Å². The molecule has 1 fully saturated rings. The van der Waals surface area contributed by atoms with Gasteiger partial charge in [0.2, 0.25) is 0 Å². The fourth-order valence-electron chi connectivity index (χ4n) is 3.64. The molecule has 0 bridgehead atoms. The summed E-state index contributed by atoms with van der Waals surface area (Å²) in [4.78, 5) is 14.0. The Morgan fingerprint density at radius 1 is 1.37 bits per heavy atom. The average Bonchev–Trinajstić information content (AvgIpc) is 2.70. The summed E-state index contributed by atoms with van der Waals surface area (Å²) in [7, 11) is 1.24. The summed E-state index contributed by atoms with van der Waals surface area (Å²) in [5.41, 5.74) is 3.37. The molecular weight excluding hydrogens is 345 g/mol. The molecule has 0 aromatic heterocycles. The Morgan fingerprint density at radius 2 is 2.11 bits per heavy atom. The Bertz CT molecular complexity index is 831. The van der Waals surface area contributed by atoms with Crippen LogP contribution in [0.1, 0.15) is 41.6 Å². The van der Waals surface area contributed by atoms with Crippen molar-refractivity contribution in [3.8, 4) is 6.07 Å². The first-order chi connectivity index (χ1) is 13.0. The van der Waals surface area contributed by atoms with Crippen molar-refractivity contribution in [2.24, 2.45) is 0 Å². The van der Waals surface area contributed by atoms with E-state index in [9.17, 15) is 14.4 Å². The smallest absolute Gasteiger partial charge is 0.340 e. The van der Waals surface area contributed by atoms with Gasteiger partial charge in [0.05, 0.1) is 30.0 Å². The summed E-state index contributed by atoms with van der Waals surface area (Å²) in [6.07, 6.45) is 7.72. The number of esters is 1. The van der Waals surface area contributed by atoms with Gasteiger partial charge in [-0.1, -0.05) is 6.08 Å². The molecule has 0 saturated carbocycles. The van der Waals surface area contributed by atoms with E-state index in [0.717, 1.165) is 61.3 Å². The van der Waals surface area contributed by atoms with Crippen LogP contribution >= 0.6 is 0 Å². The van der Waals surface area contributed by atoms with Gasteiger partial charge in [0.25, 0.3) is 0 Å². The van der Waals surface area contributed by atoms with Crippen LogP contribution in [0, 0.1) is 24.1 Å². The standard InChI is InChI=1S/C21H24FN3O2/c1-14-11-18(22)17(21(26)27-2)12-19(14)24-16-7-9-25(10-8-16)20-6-4-3-5-15(20)13-23/h4,6,11-12,16,24H,3,5,7-10H2,1-2H3. The second-order valence-electron chi connectivity index (χ2n) is 6.96. The number of nitrogens with one attached hydrogen (secondary N) is 1. The van der Waals surface area contributed by atoms with Crippen LogP contribution in [0.4, 0.5) is 10.1 Å². The number of piperidine rings is 1. The Kier molecular flexibility index (Phi) is 5.80. The van der Waals surface area contributed by atoms with Gasteiger partial charge in [-0.2, -0.15) is 5.26 Å². The lowest BCUT2D eigenvalue weighted by Gasteiger charge is -2.36. The number of carbonyl (C=O) groups is 1. The Labute approximate surface area is 159 Å². The van der Waals surface area contributed by atoms with E-state index in [1.54, 1.807) is 0 Å². The van der Waals surface area contributed by atoms with Crippen LogP contribution in [-0.2, 0) is 4.74 Å². The largest absolute Gasteiger partial charge is 0.465 e. The van der Waals surface area contributed by atoms with Crippen molar-refractivity contribution in [1.82, 2.24) is 4.90 Å². The zero-order chi connectivity index (χ0) is 19.4. The molecule has 0 unspecified atom stereocenters. The summed E-state index contributed by atoms with van der Waals surface area (Å²) in [6.45, 7) is 3.53. The van der Waals surface area contributed by atoms with E-state index in [1.165, 1.54) is 19.2 Å². The van der Waals surface area contributed by atoms with E-state index >= 15 is 0 Å². The third-order valence-electron chi connectivity index (χ3n) is 5.20. The Morgan fingerprint density at radius 3 is 2.78 bits per heavy atom. The van der Waals surface area contributed by atoms with Crippen LogP contribution < -0.4 is 5.32 Å². The molecular formula is C21H24FN3O2. The SMILES string of the molecule is COC(=O)c1cc(NC2CCN(C3=C(C#N)CCC=C3)CC2)c(C)cc1F. The normalized spacial score (nSPS) is 17.6. The fourth-order valence-corrected chi connectivity index (χ4v) is 3.64. The van der Waals surface area contributed by atoms with Crippen molar-refractivity contribution in [3.63, 3.8) is 0 Å².